The molecule has 0 atom stereocenters. The Balaban J connectivity index is 1.72. The summed E-state index contributed by atoms with van der Waals surface area (Å²) in [5.74, 6) is 0.613. The number of nitrogens with zero attached hydrogens (tertiary/aromatic N) is 2. The third-order valence-electron chi connectivity index (χ3n) is 2.90. The van der Waals surface area contributed by atoms with E-state index in [1.165, 1.54) is 11.8 Å². The van der Waals surface area contributed by atoms with Crippen molar-refractivity contribution in [2.75, 3.05) is 18.9 Å². The molecule has 0 aliphatic rings. The zero-order valence-corrected chi connectivity index (χ0v) is 16.0. The van der Waals surface area contributed by atoms with E-state index in [2.05, 4.69) is 31.4 Å². The lowest BCUT2D eigenvalue weighted by Gasteiger charge is -2.07. The molecule has 1 aromatic heterocycles. The summed E-state index contributed by atoms with van der Waals surface area (Å²) in [4.78, 5) is 11.8. The average molecular weight is 414 g/mol. The van der Waals surface area contributed by atoms with Gasteiger partial charge in [-0.2, -0.15) is 0 Å². The number of amides is 1. The third-order valence-corrected chi connectivity index (χ3v) is 4.21. The van der Waals surface area contributed by atoms with Crippen LogP contribution in [0.2, 0.25) is 0 Å². The molecule has 8 heteroatoms. The smallest absolute Gasteiger partial charge is 0.277 e. The normalized spacial score (nSPS) is 11.0. The molecule has 1 N–H and O–H groups in total. The van der Waals surface area contributed by atoms with Crippen molar-refractivity contribution in [1.29, 1.82) is 0 Å². The van der Waals surface area contributed by atoms with Gasteiger partial charge in [0.05, 0.1) is 11.9 Å². The van der Waals surface area contributed by atoms with Crippen LogP contribution in [0.4, 0.5) is 0 Å². The second-order valence-corrected chi connectivity index (χ2v) is 7.14. The minimum absolute atomic E-state index is 0.0632. The van der Waals surface area contributed by atoms with Gasteiger partial charge in [-0.25, -0.2) is 0 Å². The van der Waals surface area contributed by atoms with Crippen LogP contribution in [0.5, 0.6) is 0 Å². The number of benzene rings is 1. The molecule has 0 fully saturated rings. The summed E-state index contributed by atoms with van der Waals surface area (Å²) in [5.41, 5.74) is 0.832. The molecule has 130 valence electrons. The molecule has 0 aliphatic carbocycles. The van der Waals surface area contributed by atoms with E-state index in [1.54, 1.807) is 0 Å². The Morgan fingerprint density at radius 1 is 1.42 bits per heavy atom. The Labute approximate surface area is 153 Å². The van der Waals surface area contributed by atoms with Gasteiger partial charge in [0, 0.05) is 23.2 Å². The molecule has 0 saturated carbocycles. The zero-order chi connectivity index (χ0) is 17.4. The van der Waals surface area contributed by atoms with Gasteiger partial charge in [0.2, 0.25) is 11.8 Å². The highest BCUT2D eigenvalue weighted by Crippen LogP contribution is 2.25. The summed E-state index contributed by atoms with van der Waals surface area (Å²) in [6, 6.07) is 7.60. The molecule has 6 nitrogen and oxygen atoms in total. The molecule has 2 rings (SSSR count). The second kappa shape index (κ2) is 9.80. The van der Waals surface area contributed by atoms with E-state index in [0.29, 0.717) is 24.3 Å². The van der Waals surface area contributed by atoms with E-state index >= 15 is 0 Å². The molecular formula is C16H20BrN3O3S. The summed E-state index contributed by atoms with van der Waals surface area (Å²) >= 11 is 4.62. The molecule has 2 aromatic rings. The summed E-state index contributed by atoms with van der Waals surface area (Å²) < 4.78 is 11.9. The number of hydrogen-bond acceptors (Lipinski definition) is 6. The summed E-state index contributed by atoms with van der Waals surface area (Å²) in [6.45, 7) is 5.22. The van der Waals surface area contributed by atoms with E-state index in [1.807, 2.05) is 38.1 Å². The number of ether oxygens (including phenoxy) is 1. The van der Waals surface area contributed by atoms with E-state index < -0.39 is 0 Å². The van der Waals surface area contributed by atoms with Crippen LogP contribution in [0.3, 0.4) is 0 Å². The molecule has 0 saturated heterocycles. The lowest BCUT2D eigenvalue weighted by molar-refractivity contribution is -0.118. The fourth-order valence-corrected chi connectivity index (χ4v) is 2.80. The minimum Gasteiger partial charge on any atom is -0.411 e. The van der Waals surface area contributed by atoms with Crippen molar-refractivity contribution in [3.05, 3.63) is 28.7 Å². The van der Waals surface area contributed by atoms with E-state index in [9.17, 15) is 4.79 Å². The fraction of sp³-hybridized carbons (Fsp3) is 0.438. The van der Waals surface area contributed by atoms with Crippen molar-refractivity contribution in [3.63, 3.8) is 0 Å². The fourth-order valence-electron chi connectivity index (χ4n) is 1.80. The first-order chi connectivity index (χ1) is 11.5. The maximum Gasteiger partial charge on any atom is 0.277 e. The van der Waals surface area contributed by atoms with Gasteiger partial charge >= 0.3 is 0 Å². The monoisotopic (exact) mass is 413 g/mol. The van der Waals surface area contributed by atoms with Crippen LogP contribution in [0.15, 0.2) is 38.4 Å². The van der Waals surface area contributed by atoms with Crippen LogP contribution in [-0.2, 0) is 9.53 Å². The number of nitrogens with one attached hydrogen (secondary N) is 1. The summed E-state index contributed by atoms with van der Waals surface area (Å²) in [6.07, 6.45) is 1.01. The first-order valence-corrected chi connectivity index (χ1v) is 9.43. The van der Waals surface area contributed by atoms with Gasteiger partial charge in [-0.3, -0.25) is 4.79 Å². The number of carbonyl (C=O) groups excluding carboxylic acids is 1. The van der Waals surface area contributed by atoms with E-state index in [4.69, 9.17) is 9.15 Å². The first kappa shape index (κ1) is 19.0. The molecular weight excluding hydrogens is 394 g/mol. The van der Waals surface area contributed by atoms with Gasteiger partial charge in [0.25, 0.3) is 5.22 Å². The van der Waals surface area contributed by atoms with Gasteiger partial charge in [0.1, 0.15) is 0 Å². The van der Waals surface area contributed by atoms with Crippen LogP contribution in [0, 0.1) is 0 Å². The van der Waals surface area contributed by atoms with Crippen molar-refractivity contribution in [2.24, 2.45) is 0 Å². The van der Waals surface area contributed by atoms with Gasteiger partial charge in [-0.15, -0.1) is 10.2 Å². The molecule has 0 unspecified atom stereocenters. The predicted molar refractivity (Wildman–Crippen MR) is 96.9 cm³/mol. The molecule has 0 radical (unpaired) electrons. The highest BCUT2D eigenvalue weighted by Gasteiger charge is 2.11. The molecule has 0 spiro atoms. The third kappa shape index (κ3) is 6.62. The Hall–Kier alpha value is -1.38. The van der Waals surface area contributed by atoms with Crippen molar-refractivity contribution in [1.82, 2.24) is 15.5 Å². The Bertz CT molecular complexity index is 664. The minimum atomic E-state index is -0.0632. The number of thioether (sulfide) groups is 1. The van der Waals surface area contributed by atoms with E-state index in [-0.39, 0.29) is 17.8 Å². The molecule has 1 aromatic carbocycles. The highest BCUT2D eigenvalue weighted by atomic mass is 79.9. The number of carbonyl (C=O) groups is 1. The van der Waals surface area contributed by atoms with Gasteiger partial charge in [0.15, 0.2) is 0 Å². The number of halogens is 1. The quantitative estimate of drug-likeness (QED) is 0.500. The highest BCUT2D eigenvalue weighted by molar-refractivity contribution is 9.10. The maximum atomic E-state index is 11.8. The summed E-state index contributed by atoms with van der Waals surface area (Å²) in [5, 5.41) is 11.2. The van der Waals surface area contributed by atoms with Crippen LogP contribution in [0.25, 0.3) is 11.5 Å². The second-order valence-electron chi connectivity index (χ2n) is 5.30. The van der Waals surface area contributed by atoms with Gasteiger partial charge in [-0.1, -0.05) is 33.8 Å². The van der Waals surface area contributed by atoms with E-state index in [0.717, 1.165) is 16.5 Å². The SMILES string of the molecule is CC(C)OCCCNC(=O)CSc1nnc(-c2cccc(Br)c2)o1. The Morgan fingerprint density at radius 3 is 3.00 bits per heavy atom. The lowest BCUT2D eigenvalue weighted by Crippen LogP contribution is -2.27. The molecule has 1 heterocycles. The Morgan fingerprint density at radius 2 is 2.25 bits per heavy atom. The van der Waals surface area contributed by atoms with Crippen molar-refractivity contribution < 1.29 is 13.9 Å². The maximum absolute atomic E-state index is 11.8. The molecule has 1 amide bonds. The molecule has 24 heavy (non-hydrogen) atoms. The van der Waals surface area contributed by atoms with Crippen molar-refractivity contribution >= 4 is 33.6 Å². The van der Waals surface area contributed by atoms with Gasteiger partial charge in [-0.05, 0) is 38.5 Å². The van der Waals surface area contributed by atoms with Crippen LogP contribution >= 0.6 is 27.7 Å². The van der Waals surface area contributed by atoms with Crippen molar-refractivity contribution in [2.45, 2.75) is 31.6 Å². The summed E-state index contributed by atoms with van der Waals surface area (Å²) in [7, 11) is 0. The number of aromatic nitrogens is 2. The molecule has 0 aliphatic heterocycles. The van der Waals surface area contributed by atoms with Crippen LogP contribution in [0.1, 0.15) is 20.3 Å². The standard InChI is InChI=1S/C16H20BrN3O3S/c1-11(2)22-8-4-7-18-14(21)10-24-16-20-19-15(23-16)12-5-3-6-13(17)9-12/h3,5-6,9,11H,4,7-8,10H2,1-2H3,(H,18,21). The van der Waals surface area contributed by atoms with Crippen molar-refractivity contribution in [3.8, 4) is 11.5 Å². The van der Waals surface area contributed by atoms with Gasteiger partial charge < -0.3 is 14.5 Å². The van der Waals surface area contributed by atoms with Crippen LogP contribution in [-0.4, -0.2) is 41.1 Å². The Kier molecular flexibility index (Phi) is 7.74. The van der Waals surface area contributed by atoms with Crippen LogP contribution < -0.4 is 5.32 Å². The largest absolute Gasteiger partial charge is 0.411 e. The first-order valence-electron chi connectivity index (χ1n) is 7.65. The number of rotatable bonds is 9. The predicted octanol–water partition coefficient (Wildman–Crippen LogP) is 3.52. The average Bonchev–Trinajstić information content (AvgIpc) is 3.01. The lowest BCUT2D eigenvalue weighted by atomic mass is 10.2. The topological polar surface area (TPSA) is 77.2 Å². The number of hydrogen-bond donors (Lipinski definition) is 1. The zero-order valence-electron chi connectivity index (χ0n) is 13.6. The molecule has 0 bridgehead atoms.